The second-order valence-corrected chi connectivity index (χ2v) is 3.99. The van der Waals surface area contributed by atoms with Crippen LogP contribution in [-0.4, -0.2) is 29.3 Å². The van der Waals surface area contributed by atoms with Crippen LogP contribution in [0.25, 0.3) is 0 Å². The normalized spacial score (nSPS) is 31.9. The number of imidazole rings is 1. The largest absolute Gasteiger partial charge is 0.531 e. The Labute approximate surface area is 83.2 Å². The molecule has 1 aromatic heterocycles. The third kappa shape index (κ3) is 1.46. The van der Waals surface area contributed by atoms with Crippen molar-refractivity contribution in [1.82, 2.24) is 9.97 Å². The molecule has 1 N–H and O–H groups in total. The molecule has 1 saturated heterocycles. The van der Waals surface area contributed by atoms with Gasteiger partial charge < -0.3 is 14.3 Å². The summed E-state index contributed by atoms with van der Waals surface area (Å²) in [6.07, 6.45) is 8.87. The summed E-state index contributed by atoms with van der Waals surface area (Å²) in [4.78, 5) is 7.20. The molecule has 2 atom stereocenters. The molecule has 2 heterocycles. The number of hydrogen-bond acceptors (Lipinski definition) is 3. The van der Waals surface area contributed by atoms with Gasteiger partial charge in [-0.2, -0.15) is 0 Å². The highest BCUT2D eigenvalue weighted by Crippen LogP contribution is 2.28. The molecule has 4 nitrogen and oxygen atoms in total. The van der Waals surface area contributed by atoms with E-state index in [4.69, 9.17) is 9.31 Å². The minimum absolute atomic E-state index is 0.269. The molecule has 14 heavy (non-hydrogen) atoms. The number of rotatable bonds is 1. The number of H-pyrrole nitrogens is 1. The molecule has 1 aliphatic heterocycles. The Bertz CT molecular complexity index is 292. The van der Waals surface area contributed by atoms with Crippen molar-refractivity contribution in [2.75, 3.05) is 0 Å². The zero-order valence-corrected chi connectivity index (χ0v) is 7.98. The first-order valence-corrected chi connectivity index (χ1v) is 5.22. The van der Waals surface area contributed by atoms with Gasteiger partial charge in [0.2, 0.25) is 0 Å². The van der Waals surface area contributed by atoms with Gasteiger partial charge in [-0.1, -0.05) is 0 Å². The summed E-state index contributed by atoms with van der Waals surface area (Å²) in [5, 5.41) is 0. The summed E-state index contributed by atoms with van der Waals surface area (Å²) in [6, 6.07) is 0. The molecule has 0 unspecified atom stereocenters. The second kappa shape index (κ2) is 3.40. The van der Waals surface area contributed by atoms with Gasteiger partial charge in [0, 0.05) is 24.6 Å². The van der Waals surface area contributed by atoms with E-state index in [0.717, 1.165) is 25.0 Å². The van der Waals surface area contributed by atoms with Crippen LogP contribution in [0.2, 0.25) is 0 Å². The summed E-state index contributed by atoms with van der Waals surface area (Å²) >= 11 is 0. The lowest BCUT2D eigenvalue weighted by Gasteiger charge is -2.37. The molecule has 0 radical (unpaired) electrons. The fraction of sp³-hybridized carbons (Fsp3) is 0.667. The first kappa shape index (κ1) is 8.50. The zero-order valence-electron chi connectivity index (χ0n) is 7.98. The standard InChI is InChI=1S/C9H13BN2O2/c1-2-7-6-8(3-1)14-10(13-7)9-11-4-5-12-9/h4-5,7-8H,1-3,6H2,(H,11,12)/t7-,8-/m1/s1. The van der Waals surface area contributed by atoms with Crippen molar-refractivity contribution < 1.29 is 9.31 Å². The maximum Gasteiger partial charge on any atom is 0.531 e. The van der Waals surface area contributed by atoms with Gasteiger partial charge in [-0.25, -0.2) is 4.98 Å². The molecule has 0 spiro atoms. The Morgan fingerprint density at radius 3 is 2.79 bits per heavy atom. The number of nitrogens with one attached hydrogen (secondary N) is 1. The van der Waals surface area contributed by atoms with Gasteiger partial charge in [-0.15, -0.1) is 0 Å². The second-order valence-electron chi connectivity index (χ2n) is 3.99. The van der Waals surface area contributed by atoms with Crippen LogP contribution in [0.3, 0.4) is 0 Å². The van der Waals surface area contributed by atoms with E-state index < -0.39 is 0 Å². The molecule has 5 heteroatoms. The van der Waals surface area contributed by atoms with Gasteiger partial charge in [0.05, 0.1) is 0 Å². The van der Waals surface area contributed by atoms with Gasteiger partial charge in [0.1, 0.15) is 5.72 Å². The molecule has 2 fully saturated rings. The average Bonchev–Trinajstić information content (AvgIpc) is 2.69. The Morgan fingerprint density at radius 2 is 2.14 bits per heavy atom. The Balaban J connectivity index is 1.77. The van der Waals surface area contributed by atoms with Crippen molar-refractivity contribution in [2.24, 2.45) is 0 Å². The lowest BCUT2D eigenvalue weighted by atomic mass is 9.81. The number of hydrogen-bond donors (Lipinski definition) is 1. The molecular weight excluding hydrogens is 179 g/mol. The van der Waals surface area contributed by atoms with Crippen molar-refractivity contribution in [1.29, 1.82) is 0 Å². The summed E-state index contributed by atoms with van der Waals surface area (Å²) < 4.78 is 11.6. The molecule has 2 bridgehead atoms. The van der Waals surface area contributed by atoms with Crippen LogP contribution in [0, 0.1) is 0 Å². The monoisotopic (exact) mass is 192 g/mol. The molecular formula is C9H13BN2O2. The van der Waals surface area contributed by atoms with Crippen molar-refractivity contribution in [3.63, 3.8) is 0 Å². The molecule has 1 saturated carbocycles. The maximum absolute atomic E-state index is 5.79. The third-order valence-electron chi connectivity index (χ3n) is 2.95. The number of fused-ring (bicyclic) bond motifs is 2. The predicted molar refractivity (Wildman–Crippen MR) is 52.2 cm³/mol. The van der Waals surface area contributed by atoms with Crippen LogP contribution in [0.1, 0.15) is 25.7 Å². The Hall–Kier alpha value is -0.805. The summed E-state index contributed by atoms with van der Waals surface area (Å²) in [6.45, 7) is 0. The summed E-state index contributed by atoms with van der Waals surface area (Å²) in [5.41, 5.74) is 0.793. The maximum atomic E-state index is 5.79. The van der Waals surface area contributed by atoms with Crippen molar-refractivity contribution in [3.05, 3.63) is 12.4 Å². The van der Waals surface area contributed by atoms with Gasteiger partial charge in [-0.3, -0.25) is 0 Å². The topological polar surface area (TPSA) is 47.1 Å². The summed E-state index contributed by atoms with van der Waals surface area (Å²) in [7, 11) is -0.269. The van der Waals surface area contributed by atoms with Gasteiger partial charge in [-0.05, 0) is 25.7 Å². The van der Waals surface area contributed by atoms with Crippen LogP contribution >= 0.6 is 0 Å². The van der Waals surface area contributed by atoms with Crippen LogP contribution in [0.4, 0.5) is 0 Å². The SMILES string of the molecule is c1c[nH]c(B2O[C@@H]3CCC[C@H](C3)O2)n1. The van der Waals surface area contributed by atoms with E-state index >= 15 is 0 Å². The van der Waals surface area contributed by atoms with Crippen molar-refractivity contribution in [3.8, 4) is 0 Å². The third-order valence-corrected chi connectivity index (χ3v) is 2.95. The van der Waals surface area contributed by atoms with E-state index in [9.17, 15) is 0 Å². The highest BCUT2D eigenvalue weighted by molar-refractivity contribution is 6.59. The van der Waals surface area contributed by atoms with Crippen molar-refractivity contribution in [2.45, 2.75) is 37.9 Å². The minimum atomic E-state index is -0.269. The highest BCUT2D eigenvalue weighted by Gasteiger charge is 2.39. The number of aromatic nitrogens is 2. The van der Waals surface area contributed by atoms with E-state index in [-0.39, 0.29) is 7.12 Å². The first-order valence-electron chi connectivity index (χ1n) is 5.22. The van der Waals surface area contributed by atoms with Crippen molar-refractivity contribution >= 4 is 12.8 Å². The molecule has 3 rings (SSSR count). The fourth-order valence-corrected chi connectivity index (χ4v) is 2.27. The lowest BCUT2D eigenvalue weighted by molar-refractivity contribution is -0.0108. The Morgan fingerprint density at radius 1 is 1.36 bits per heavy atom. The van der Waals surface area contributed by atoms with Crippen LogP contribution in [0.5, 0.6) is 0 Å². The van der Waals surface area contributed by atoms with Crippen LogP contribution in [0.15, 0.2) is 12.4 Å². The molecule has 74 valence electrons. The van der Waals surface area contributed by atoms with Crippen LogP contribution < -0.4 is 5.72 Å². The fourth-order valence-electron chi connectivity index (χ4n) is 2.27. The van der Waals surface area contributed by atoms with Gasteiger partial charge >= 0.3 is 7.12 Å². The summed E-state index contributed by atoms with van der Waals surface area (Å²) in [5.74, 6) is 0. The average molecular weight is 192 g/mol. The van der Waals surface area contributed by atoms with Gasteiger partial charge in [0.25, 0.3) is 0 Å². The van der Waals surface area contributed by atoms with E-state index in [0.29, 0.717) is 12.2 Å². The molecule has 1 aromatic rings. The number of nitrogens with zero attached hydrogens (tertiary/aromatic N) is 1. The van der Waals surface area contributed by atoms with Crippen LogP contribution in [-0.2, 0) is 9.31 Å². The van der Waals surface area contributed by atoms with E-state index in [1.807, 2.05) is 0 Å². The molecule has 2 aliphatic rings. The van der Waals surface area contributed by atoms with E-state index in [1.54, 1.807) is 12.4 Å². The lowest BCUT2D eigenvalue weighted by Crippen LogP contribution is -2.51. The molecule has 1 aliphatic carbocycles. The highest BCUT2D eigenvalue weighted by atomic mass is 16.6. The quantitative estimate of drug-likeness (QED) is 0.657. The smallest absolute Gasteiger partial charge is 0.402 e. The first-order chi connectivity index (χ1) is 6.92. The zero-order chi connectivity index (χ0) is 9.38. The Kier molecular flexibility index (Phi) is 2.07. The van der Waals surface area contributed by atoms with Gasteiger partial charge in [0.15, 0.2) is 0 Å². The van der Waals surface area contributed by atoms with E-state index in [1.165, 1.54) is 6.42 Å². The number of aromatic amines is 1. The molecule has 0 amide bonds. The minimum Gasteiger partial charge on any atom is -0.402 e. The predicted octanol–water partition coefficient (Wildman–Crippen LogP) is 0.463. The molecule has 0 aromatic carbocycles. The van der Waals surface area contributed by atoms with E-state index in [2.05, 4.69) is 9.97 Å².